The van der Waals surface area contributed by atoms with E-state index in [1.807, 2.05) is 32.0 Å². The summed E-state index contributed by atoms with van der Waals surface area (Å²) >= 11 is 3.50. The second-order valence-corrected chi connectivity index (χ2v) is 6.05. The summed E-state index contributed by atoms with van der Waals surface area (Å²) < 4.78 is 0.991. The monoisotopic (exact) mass is 335 g/mol. The summed E-state index contributed by atoms with van der Waals surface area (Å²) in [5.74, 6) is -0.0216. The van der Waals surface area contributed by atoms with Gasteiger partial charge in [0, 0.05) is 22.7 Å². The number of hydrogen-bond donors (Lipinski definition) is 1. The molecule has 1 fully saturated rings. The molecule has 0 saturated carbocycles. The van der Waals surface area contributed by atoms with Gasteiger partial charge < -0.3 is 10.2 Å². The Hall–Kier alpha value is -1.38. The lowest BCUT2D eigenvalue weighted by atomic mass is 10.1. The molecule has 1 aliphatic heterocycles. The topological polar surface area (TPSA) is 56.1 Å². The fraction of sp³-hybridized carbons (Fsp3) is 0.467. The molecule has 5 heteroatoms. The van der Waals surface area contributed by atoms with Gasteiger partial charge in [0.2, 0.25) is 5.91 Å². The molecule has 1 N–H and O–H groups in total. The number of carbonyl (C=O) groups excluding carboxylic acids is 1. The predicted octanol–water partition coefficient (Wildman–Crippen LogP) is 2.75. The smallest absolute Gasteiger partial charge is 0.245 e. The maximum Gasteiger partial charge on any atom is 0.245 e. The van der Waals surface area contributed by atoms with E-state index in [0.29, 0.717) is 6.54 Å². The van der Waals surface area contributed by atoms with Crippen molar-refractivity contribution in [2.45, 2.75) is 38.8 Å². The van der Waals surface area contributed by atoms with Gasteiger partial charge in [-0.05, 0) is 38.0 Å². The van der Waals surface area contributed by atoms with E-state index >= 15 is 0 Å². The minimum Gasteiger partial charge on any atom is -0.311 e. The SMILES string of the molecule is Cc1ccc(N2CCC(C)NC(CC#N)C2=O)cc1Br. The molecule has 106 valence electrons. The third-order valence-electron chi connectivity index (χ3n) is 3.60. The van der Waals surface area contributed by atoms with Gasteiger partial charge in [-0.2, -0.15) is 5.26 Å². The minimum absolute atomic E-state index is 0.0216. The Balaban J connectivity index is 2.31. The predicted molar refractivity (Wildman–Crippen MR) is 82.5 cm³/mol. The first-order valence-electron chi connectivity index (χ1n) is 6.73. The second kappa shape index (κ2) is 6.38. The number of nitrogens with zero attached hydrogens (tertiary/aromatic N) is 2. The van der Waals surface area contributed by atoms with Crippen LogP contribution in [0.25, 0.3) is 0 Å². The summed E-state index contributed by atoms with van der Waals surface area (Å²) in [4.78, 5) is 14.4. The molecule has 1 amide bonds. The molecule has 1 aliphatic rings. The van der Waals surface area contributed by atoms with Crippen LogP contribution in [0.3, 0.4) is 0 Å². The number of carbonyl (C=O) groups is 1. The first-order chi connectivity index (χ1) is 9.52. The molecule has 0 bridgehead atoms. The van der Waals surface area contributed by atoms with Crippen LogP contribution in [-0.4, -0.2) is 24.5 Å². The van der Waals surface area contributed by atoms with Crippen molar-refractivity contribution in [2.75, 3.05) is 11.4 Å². The Kier molecular flexibility index (Phi) is 4.79. The maximum absolute atomic E-state index is 12.6. The minimum atomic E-state index is -0.419. The zero-order valence-corrected chi connectivity index (χ0v) is 13.3. The fourth-order valence-electron chi connectivity index (χ4n) is 2.36. The number of hydrogen-bond acceptors (Lipinski definition) is 3. The average Bonchev–Trinajstić information content (AvgIpc) is 2.54. The van der Waals surface area contributed by atoms with Crippen LogP contribution in [0.2, 0.25) is 0 Å². The van der Waals surface area contributed by atoms with Crippen LogP contribution in [0, 0.1) is 18.3 Å². The molecule has 2 unspecified atom stereocenters. The molecule has 1 aromatic carbocycles. The zero-order valence-electron chi connectivity index (χ0n) is 11.7. The quantitative estimate of drug-likeness (QED) is 0.904. The van der Waals surface area contributed by atoms with E-state index in [4.69, 9.17) is 5.26 Å². The van der Waals surface area contributed by atoms with Crippen LogP contribution in [-0.2, 0) is 4.79 Å². The number of nitriles is 1. The van der Waals surface area contributed by atoms with Crippen molar-refractivity contribution in [3.05, 3.63) is 28.2 Å². The van der Waals surface area contributed by atoms with Crippen LogP contribution < -0.4 is 10.2 Å². The third-order valence-corrected chi connectivity index (χ3v) is 4.45. The van der Waals surface area contributed by atoms with Crippen molar-refractivity contribution < 1.29 is 4.79 Å². The summed E-state index contributed by atoms with van der Waals surface area (Å²) in [7, 11) is 0. The highest BCUT2D eigenvalue weighted by Crippen LogP contribution is 2.25. The number of rotatable bonds is 2. The van der Waals surface area contributed by atoms with Crippen LogP contribution in [0.15, 0.2) is 22.7 Å². The molecule has 2 atom stereocenters. The van der Waals surface area contributed by atoms with Gasteiger partial charge in [-0.15, -0.1) is 0 Å². The number of nitrogens with one attached hydrogen (secondary N) is 1. The normalized spacial score (nSPS) is 23.3. The summed E-state index contributed by atoms with van der Waals surface area (Å²) in [5.41, 5.74) is 2.02. The van der Waals surface area contributed by atoms with Gasteiger partial charge in [0.05, 0.1) is 12.5 Å². The molecule has 1 saturated heterocycles. The first kappa shape index (κ1) is 15.0. The van der Waals surface area contributed by atoms with E-state index < -0.39 is 6.04 Å². The van der Waals surface area contributed by atoms with Crippen molar-refractivity contribution in [3.63, 3.8) is 0 Å². The summed E-state index contributed by atoms with van der Waals surface area (Å²) in [6.07, 6.45) is 1.08. The van der Waals surface area contributed by atoms with E-state index in [0.717, 1.165) is 22.1 Å². The van der Waals surface area contributed by atoms with Crippen molar-refractivity contribution in [1.29, 1.82) is 5.26 Å². The van der Waals surface area contributed by atoms with Gasteiger partial charge in [0.25, 0.3) is 0 Å². The van der Waals surface area contributed by atoms with E-state index in [9.17, 15) is 4.79 Å². The van der Waals surface area contributed by atoms with Crippen LogP contribution >= 0.6 is 15.9 Å². The van der Waals surface area contributed by atoms with Crippen LogP contribution in [0.4, 0.5) is 5.69 Å². The lowest BCUT2D eigenvalue weighted by Gasteiger charge is -2.24. The van der Waals surface area contributed by atoms with E-state index in [-0.39, 0.29) is 18.4 Å². The van der Waals surface area contributed by atoms with Crippen molar-refractivity contribution in [3.8, 4) is 6.07 Å². The van der Waals surface area contributed by atoms with Gasteiger partial charge in [-0.1, -0.05) is 22.0 Å². The number of aryl methyl sites for hydroxylation is 1. The number of halogens is 1. The maximum atomic E-state index is 12.6. The summed E-state index contributed by atoms with van der Waals surface area (Å²) in [5, 5.41) is 12.1. The molecule has 2 rings (SSSR count). The van der Waals surface area contributed by atoms with Crippen LogP contribution in [0.5, 0.6) is 0 Å². The molecule has 4 nitrogen and oxygen atoms in total. The van der Waals surface area contributed by atoms with Crippen molar-refractivity contribution in [1.82, 2.24) is 5.32 Å². The molecule has 0 aromatic heterocycles. The first-order valence-corrected chi connectivity index (χ1v) is 7.52. The number of benzene rings is 1. The standard InChI is InChI=1S/C15H18BrN3O/c1-10-3-4-12(9-13(10)16)19-8-6-11(2)18-14(5-7-17)15(19)20/h3-4,9,11,14,18H,5-6,8H2,1-2H3. The third kappa shape index (κ3) is 3.20. The molecule has 20 heavy (non-hydrogen) atoms. The Labute approximate surface area is 127 Å². The Morgan fingerprint density at radius 1 is 1.55 bits per heavy atom. The number of anilines is 1. The van der Waals surface area contributed by atoms with Gasteiger partial charge in [0.1, 0.15) is 6.04 Å². The van der Waals surface area contributed by atoms with E-state index in [1.165, 1.54) is 0 Å². The summed E-state index contributed by atoms with van der Waals surface area (Å²) in [6.45, 7) is 4.73. The highest BCUT2D eigenvalue weighted by atomic mass is 79.9. The molecule has 0 spiro atoms. The summed E-state index contributed by atoms with van der Waals surface area (Å²) in [6, 6.07) is 7.82. The van der Waals surface area contributed by atoms with Crippen LogP contribution in [0.1, 0.15) is 25.3 Å². The second-order valence-electron chi connectivity index (χ2n) is 5.19. The van der Waals surface area contributed by atoms with Gasteiger partial charge in [0.15, 0.2) is 0 Å². The van der Waals surface area contributed by atoms with E-state index in [2.05, 4.69) is 27.3 Å². The highest BCUT2D eigenvalue weighted by molar-refractivity contribution is 9.10. The molecular formula is C15H18BrN3O. The van der Waals surface area contributed by atoms with E-state index in [1.54, 1.807) is 4.90 Å². The van der Waals surface area contributed by atoms with Gasteiger partial charge in [-0.25, -0.2) is 0 Å². The average molecular weight is 336 g/mol. The molecule has 0 radical (unpaired) electrons. The van der Waals surface area contributed by atoms with Gasteiger partial charge in [-0.3, -0.25) is 4.79 Å². The molecular weight excluding hydrogens is 318 g/mol. The fourth-order valence-corrected chi connectivity index (χ4v) is 2.73. The van der Waals surface area contributed by atoms with Gasteiger partial charge >= 0.3 is 0 Å². The lowest BCUT2D eigenvalue weighted by molar-refractivity contribution is -0.120. The van der Waals surface area contributed by atoms with Crippen molar-refractivity contribution >= 4 is 27.5 Å². The number of amides is 1. The highest BCUT2D eigenvalue weighted by Gasteiger charge is 2.30. The Bertz CT molecular complexity index is 553. The molecule has 1 heterocycles. The lowest BCUT2D eigenvalue weighted by Crippen LogP contribution is -2.45. The molecule has 1 aromatic rings. The zero-order chi connectivity index (χ0) is 14.7. The Morgan fingerprint density at radius 3 is 2.95 bits per heavy atom. The Morgan fingerprint density at radius 2 is 2.30 bits per heavy atom. The largest absolute Gasteiger partial charge is 0.311 e. The van der Waals surface area contributed by atoms with Crippen molar-refractivity contribution in [2.24, 2.45) is 0 Å². The molecule has 0 aliphatic carbocycles.